The second-order valence-corrected chi connectivity index (χ2v) is 4.36. The first-order chi connectivity index (χ1) is 8.75. The molecule has 0 saturated heterocycles. The molecule has 1 aliphatic heterocycles. The molecule has 0 fully saturated rings. The molecule has 92 valence electrons. The molecule has 18 heavy (non-hydrogen) atoms. The number of benzene rings is 1. The summed E-state index contributed by atoms with van der Waals surface area (Å²) >= 11 is 0. The number of ether oxygens (including phenoxy) is 2. The molecular formula is C14H14N2O2. The van der Waals surface area contributed by atoms with Crippen LogP contribution in [0.1, 0.15) is 11.1 Å². The van der Waals surface area contributed by atoms with E-state index in [1.807, 2.05) is 25.1 Å². The monoisotopic (exact) mass is 242 g/mol. The maximum absolute atomic E-state index is 5.58. The molecule has 1 aliphatic rings. The molecule has 2 heterocycles. The number of hydrogen-bond acceptors (Lipinski definition) is 4. The highest BCUT2D eigenvalue weighted by atomic mass is 16.6. The maximum atomic E-state index is 5.58. The SMILES string of the molecule is Cc1cnnc(-c2ccc3c(c2)OCCO3)c1C. The van der Waals surface area contributed by atoms with Gasteiger partial charge in [0.2, 0.25) is 0 Å². The molecule has 0 saturated carbocycles. The topological polar surface area (TPSA) is 44.2 Å². The normalized spacial score (nSPS) is 13.4. The van der Waals surface area contributed by atoms with E-state index < -0.39 is 0 Å². The van der Waals surface area contributed by atoms with Crippen LogP contribution in [0.4, 0.5) is 0 Å². The summed E-state index contributed by atoms with van der Waals surface area (Å²) in [5, 5.41) is 8.22. The van der Waals surface area contributed by atoms with E-state index in [1.54, 1.807) is 6.20 Å². The zero-order chi connectivity index (χ0) is 12.5. The summed E-state index contributed by atoms with van der Waals surface area (Å²) in [5.74, 6) is 1.57. The van der Waals surface area contributed by atoms with Crippen molar-refractivity contribution in [2.24, 2.45) is 0 Å². The van der Waals surface area contributed by atoms with Crippen molar-refractivity contribution in [3.8, 4) is 22.8 Å². The van der Waals surface area contributed by atoms with Crippen LogP contribution < -0.4 is 9.47 Å². The van der Waals surface area contributed by atoms with Crippen molar-refractivity contribution < 1.29 is 9.47 Å². The Kier molecular flexibility index (Phi) is 2.63. The highest BCUT2D eigenvalue weighted by molar-refractivity contribution is 5.67. The van der Waals surface area contributed by atoms with Crippen molar-refractivity contribution in [1.29, 1.82) is 0 Å². The minimum Gasteiger partial charge on any atom is -0.486 e. The number of aromatic nitrogens is 2. The maximum Gasteiger partial charge on any atom is 0.162 e. The Morgan fingerprint density at radius 1 is 1.06 bits per heavy atom. The van der Waals surface area contributed by atoms with Crippen LogP contribution in [0.3, 0.4) is 0 Å². The van der Waals surface area contributed by atoms with Crippen molar-refractivity contribution in [3.63, 3.8) is 0 Å². The molecule has 0 unspecified atom stereocenters. The van der Waals surface area contributed by atoms with Crippen LogP contribution in [0.15, 0.2) is 24.4 Å². The summed E-state index contributed by atoms with van der Waals surface area (Å²) in [5.41, 5.74) is 4.18. The lowest BCUT2D eigenvalue weighted by Crippen LogP contribution is -2.15. The summed E-state index contributed by atoms with van der Waals surface area (Å²) < 4.78 is 11.1. The zero-order valence-electron chi connectivity index (χ0n) is 10.4. The fourth-order valence-electron chi connectivity index (χ4n) is 2.00. The second-order valence-electron chi connectivity index (χ2n) is 4.36. The lowest BCUT2D eigenvalue weighted by molar-refractivity contribution is 0.171. The highest BCUT2D eigenvalue weighted by Gasteiger charge is 2.14. The summed E-state index contributed by atoms with van der Waals surface area (Å²) in [6.45, 7) is 5.28. The Hall–Kier alpha value is -2.10. The third-order valence-electron chi connectivity index (χ3n) is 3.17. The molecule has 0 amide bonds. The molecular weight excluding hydrogens is 228 g/mol. The van der Waals surface area contributed by atoms with Crippen molar-refractivity contribution >= 4 is 0 Å². The van der Waals surface area contributed by atoms with Gasteiger partial charge in [-0.25, -0.2) is 0 Å². The molecule has 2 aromatic rings. The molecule has 1 aromatic carbocycles. The van der Waals surface area contributed by atoms with E-state index in [9.17, 15) is 0 Å². The van der Waals surface area contributed by atoms with Crippen molar-refractivity contribution in [3.05, 3.63) is 35.5 Å². The van der Waals surface area contributed by atoms with E-state index in [2.05, 4.69) is 17.1 Å². The third kappa shape index (κ3) is 1.79. The van der Waals surface area contributed by atoms with Crippen LogP contribution in [0.5, 0.6) is 11.5 Å². The fourth-order valence-corrected chi connectivity index (χ4v) is 2.00. The molecule has 4 nitrogen and oxygen atoms in total. The van der Waals surface area contributed by atoms with Gasteiger partial charge in [0.05, 0.1) is 11.9 Å². The van der Waals surface area contributed by atoms with Gasteiger partial charge in [-0.1, -0.05) is 0 Å². The second kappa shape index (κ2) is 4.29. The van der Waals surface area contributed by atoms with Gasteiger partial charge in [-0.05, 0) is 43.2 Å². The van der Waals surface area contributed by atoms with E-state index >= 15 is 0 Å². The molecule has 3 rings (SSSR count). The minimum atomic E-state index is 0.592. The van der Waals surface area contributed by atoms with Gasteiger partial charge in [-0.3, -0.25) is 0 Å². The van der Waals surface area contributed by atoms with E-state index in [-0.39, 0.29) is 0 Å². The number of nitrogens with zero attached hydrogens (tertiary/aromatic N) is 2. The molecule has 0 atom stereocenters. The van der Waals surface area contributed by atoms with Crippen molar-refractivity contribution in [1.82, 2.24) is 10.2 Å². The van der Waals surface area contributed by atoms with Gasteiger partial charge < -0.3 is 9.47 Å². The van der Waals surface area contributed by atoms with Crippen LogP contribution in [0.25, 0.3) is 11.3 Å². The summed E-state index contributed by atoms with van der Waals surface area (Å²) in [6, 6.07) is 5.88. The molecule has 0 radical (unpaired) electrons. The Morgan fingerprint density at radius 3 is 2.67 bits per heavy atom. The average molecular weight is 242 g/mol. The standard InChI is InChI=1S/C14H14N2O2/c1-9-8-15-16-14(10(9)2)11-3-4-12-13(7-11)18-6-5-17-12/h3-4,7-8H,5-6H2,1-2H3. The summed E-state index contributed by atoms with van der Waals surface area (Å²) in [7, 11) is 0. The van der Waals surface area contributed by atoms with Gasteiger partial charge in [-0.2, -0.15) is 10.2 Å². The van der Waals surface area contributed by atoms with Crippen molar-refractivity contribution in [2.75, 3.05) is 13.2 Å². The van der Waals surface area contributed by atoms with E-state index in [0.29, 0.717) is 13.2 Å². The van der Waals surface area contributed by atoms with Gasteiger partial charge in [0, 0.05) is 5.56 Å². The summed E-state index contributed by atoms with van der Waals surface area (Å²) in [6.07, 6.45) is 1.77. The number of fused-ring (bicyclic) bond motifs is 1. The Morgan fingerprint density at radius 2 is 1.83 bits per heavy atom. The minimum absolute atomic E-state index is 0.592. The quantitative estimate of drug-likeness (QED) is 0.770. The Labute approximate surface area is 106 Å². The van der Waals surface area contributed by atoms with Crippen LogP contribution in [0, 0.1) is 13.8 Å². The first kappa shape index (κ1) is 11.0. The molecule has 4 heteroatoms. The van der Waals surface area contributed by atoms with Crippen LogP contribution in [-0.4, -0.2) is 23.4 Å². The first-order valence-corrected chi connectivity index (χ1v) is 5.94. The lowest BCUT2D eigenvalue weighted by Gasteiger charge is -2.19. The summed E-state index contributed by atoms with van der Waals surface area (Å²) in [4.78, 5) is 0. The van der Waals surface area contributed by atoms with Gasteiger partial charge in [0.25, 0.3) is 0 Å². The van der Waals surface area contributed by atoms with Crippen LogP contribution >= 0.6 is 0 Å². The fraction of sp³-hybridized carbons (Fsp3) is 0.286. The molecule has 1 aromatic heterocycles. The average Bonchev–Trinajstić information content (AvgIpc) is 2.41. The molecule has 0 bridgehead atoms. The first-order valence-electron chi connectivity index (χ1n) is 5.94. The van der Waals surface area contributed by atoms with Gasteiger partial charge in [0.15, 0.2) is 11.5 Å². The Balaban J connectivity index is 2.09. The molecule has 0 spiro atoms. The lowest BCUT2D eigenvalue weighted by atomic mass is 10.0. The number of aryl methyl sites for hydroxylation is 1. The Bertz CT molecular complexity index is 596. The third-order valence-corrected chi connectivity index (χ3v) is 3.17. The van der Waals surface area contributed by atoms with Crippen molar-refractivity contribution in [2.45, 2.75) is 13.8 Å². The van der Waals surface area contributed by atoms with Crippen LogP contribution in [-0.2, 0) is 0 Å². The predicted octanol–water partition coefficient (Wildman–Crippen LogP) is 2.53. The largest absolute Gasteiger partial charge is 0.486 e. The van der Waals surface area contributed by atoms with Gasteiger partial charge in [-0.15, -0.1) is 0 Å². The van der Waals surface area contributed by atoms with E-state index in [0.717, 1.165) is 33.9 Å². The van der Waals surface area contributed by atoms with Gasteiger partial charge in [0.1, 0.15) is 13.2 Å². The smallest absolute Gasteiger partial charge is 0.162 e. The van der Waals surface area contributed by atoms with E-state index in [4.69, 9.17) is 9.47 Å². The van der Waals surface area contributed by atoms with E-state index in [1.165, 1.54) is 0 Å². The molecule has 0 N–H and O–H groups in total. The number of hydrogen-bond donors (Lipinski definition) is 0. The van der Waals surface area contributed by atoms with Crippen LogP contribution in [0.2, 0.25) is 0 Å². The van der Waals surface area contributed by atoms with Gasteiger partial charge >= 0.3 is 0 Å². The predicted molar refractivity (Wildman–Crippen MR) is 67.9 cm³/mol. The zero-order valence-corrected chi connectivity index (χ0v) is 10.4. The molecule has 0 aliphatic carbocycles. The number of rotatable bonds is 1. The highest BCUT2D eigenvalue weighted by Crippen LogP contribution is 2.34.